The molecule has 0 saturated carbocycles. The Morgan fingerprint density at radius 2 is 1.63 bits per heavy atom. The van der Waals surface area contributed by atoms with Gasteiger partial charge in [-0.15, -0.1) is 0 Å². The first kappa shape index (κ1) is 15.7. The van der Waals surface area contributed by atoms with Gasteiger partial charge in [-0.3, -0.25) is 4.79 Å². The summed E-state index contributed by atoms with van der Waals surface area (Å²) in [5.74, 6) is 0.877. The van der Waals surface area contributed by atoms with E-state index in [2.05, 4.69) is 41.5 Å². The molecule has 0 radical (unpaired) electrons. The fraction of sp³-hybridized carbons (Fsp3) is 0.588. The highest BCUT2D eigenvalue weighted by Gasteiger charge is 2.36. The maximum absolute atomic E-state index is 12.0. The van der Waals surface area contributed by atoms with Crippen LogP contribution in [0, 0.1) is 16.7 Å². The summed E-state index contributed by atoms with van der Waals surface area (Å²) in [7, 11) is 0. The standard InChI is InChI=1S/C17H26O2/c1-13(16(2,3)4)17(5,6)12-15(18)19-14-10-8-7-9-11-14/h7-11,13H,12H2,1-6H3. The number of ether oxygens (including phenoxy) is 1. The summed E-state index contributed by atoms with van der Waals surface area (Å²) < 4.78 is 5.37. The molecule has 2 nitrogen and oxygen atoms in total. The fourth-order valence-electron chi connectivity index (χ4n) is 2.35. The number of para-hydroxylation sites is 1. The van der Waals surface area contributed by atoms with Gasteiger partial charge in [0.15, 0.2) is 0 Å². The fourth-order valence-corrected chi connectivity index (χ4v) is 2.35. The molecule has 0 aromatic heterocycles. The van der Waals surface area contributed by atoms with E-state index in [-0.39, 0.29) is 16.8 Å². The van der Waals surface area contributed by atoms with Crippen LogP contribution < -0.4 is 4.74 Å². The number of hydrogen-bond acceptors (Lipinski definition) is 2. The molecule has 0 aliphatic rings. The molecule has 0 spiro atoms. The number of carbonyl (C=O) groups is 1. The molecule has 1 aromatic rings. The van der Waals surface area contributed by atoms with Crippen LogP contribution in [-0.2, 0) is 4.79 Å². The summed E-state index contributed by atoms with van der Waals surface area (Å²) in [6.07, 6.45) is 0.431. The van der Waals surface area contributed by atoms with Crippen molar-refractivity contribution >= 4 is 5.97 Å². The van der Waals surface area contributed by atoms with Gasteiger partial charge in [0, 0.05) is 0 Å². The smallest absolute Gasteiger partial charge is 0.311 e. The summed E-state index contributed by atoms with van der Waals surface area (Å²) in [5.41, 5.74) is 0.0979. The lowest BCUT2D eigenvalue weighted by Gasteiger charge is -2.40. The van der Waals surface area contributed by atoms with Gasteiger partial charge in [-0.25, -0.2) is 0 Å². The molecule has 1 aromatic carbocycles. The largest absolute Gasteiger partial charge is 0.427 e. The minimum absolute atomic E-state index is 0.0793. The lowest BCUT2D eigenvalue weighted by atomic mass is 9.65. The molecule has 2 heteroatoms. The molecule has 0 N–H and O–H groups in total. The lowest BCUT2D eigenvalue weighted by Crippen LogP contribution is -2.35. The first-order valence-electron chi connectivity index (χ1n) is 6.88. The van der Waals surface area contributed by atoms with E-state index < -0.39 is 0 Å². The summed E-state index contributed by atoms with van der Waals surface area (Å²) in [6, 6.07) is 9.25. The SMILES string of the molecule is CC(C(C)(C)C)C(C)(C)CC(=O)Oc1ccccc1. The Bertz CT molecular complexity index is 413. The molecule has 0 fully saturated rings. The van der Waals surface area contributed by atoms with Gasteiger partial charge in [-0.05, 0) is 28.9 Å². The van der Waals surface area contributed by atoms with E-state index >= 15 is 0 Å². The molecule has 19 heavy (non-hydrogen) atoms. The summed E-state index contributed by atoms with van der Waals surface area (Å²) >= 11 is 0. The van der Waals surface area contributed by atoms with Crippen molar-refractivity contribution in [2.45, 2.75) is 48.0 Å². The summed E-state index contributed by atoms with van der Waals surface area (Å²) in [5, 5.41) is 0. The van der Waals surface area contributed by atoms with Crippen LogP contribution in [0.1, 0.15) is 48.0 Å². The van der Waals surface area contributed by atoms with E-state index in [4.69, 9.17) is 4.74 Å². The second kappa shape index (κ2) is 5.77. The Kier molecular flexibility index (Phi) is 4.78. The zero-order valence-electron chi connectivity index (χ0n) is 13.0. The highest BCUT2D eigenvalue weighted by molar-refractivity contribution is 5.73. The number of rotatable bonds is 4. The van der Waals surface area contributed by atoms with Crippen molar-refractivity contribution in [3.8, 4) is 5.75 Å². The van der Waals surface area contributed by atoms with Crippen molar-refractivity contribution < 1.29 is 9.53 Å². The van der Waals surface area contributed by atoms with E-state index in [1.807, 2.05) is 18.2 Å². The zero-order valence-corrected chi connectivity index (χ0v) is 13.0. The predicted molar refractivity (Wildman–Crippen MR) is 79.1 cm³/mol. The van der Waals surface area contributed by atoms with Crippen molar-refractivity contribution in [2.24, 2.45) is 16.7 Å². The number of hydrogen-bond donors (Lipinski definition) is 0. The van der Waals surface area contributed by atoms with Crippen LogP contribution in [0.3, 0.4) is 0 Å². The van der Waals surface area contributed by atoms with E-state index in [0.29, 0.717) is 18.1 Å². The van der Waals surface area contributed by atoms with Crippen LogP contribution in [0.5, 0.6) is 5.75 Å². The average Bonchev–Trinajstić information content (AvgIpc) is 2.27. The maximum atomic E-state index is 12.0. The van der Waals surface area contributed by atoms with Crippen LogP contribution in [0.25, 0.3) is 0 Å². The van der Waals surface area contributed by atoms with Crippen LogP contribution in [-0.4, -0.2) is 5.97 Å². The number of benzene rings is 1. The van der Waals surface area contributed by atoms with E-state index in [0.717, 1.165) is 0 Å². The van der Waals surface area contributed by atoms with Gasteiger partial charge in [0.2, 0.25) is 0 Å². The number of esters is 1. The molecule has 1 atom stereocenters. The van der Waals surface area contributed by atoms with E-state index in [1.54, 1.807) is 12.1 Å². The zero-order chi connectivity index (χ0) is 14.7. The number of carbonyl (C=O) groups excluding carboxylic acids is 1. The Morgan fingerprint density at radius 1 is 1.11 bits per heavy atom. The van der Waals surface area contributed by atoms with Crippen molar-refractivity contribution in [2.75, 3.05) is 0 Å². The first-order chi connectivity index (χ1) is 8.63. The molecule has 1 unspecified atom stereocenters. The Balaban J connectivity index is 2.66. The highest BCUT2D eigenvalue weighted by Crippen LogP contribution is 2.42. The summed E-state index contributed by atoms with van der Waals surface area (Å²) in [6.45, 7) is 13.1. The van der Waals surface area contributed by atoms with Crippen LogP contribution in [0.4, 0.5) is 0 Å². The van der Waals surface area contributed by atoms with Crippen molar-refractivity contribution in [1.29, 1.82) is 0 Å². The third-order valence-electron chi connectivity index (χ3n) is 4.05. The van der Waals surface area contributed by atoms with Crippen LogP contribution in [0.15, 0.2) is 30.3 Å². The predicted octanol–water partition coefficient (Wildman–Crippen LogP) is 4.69. The van der Waals surface area contributed by atoms with E-state index in [9.17, 15) is 4.79 Å². The van der Waals surface area contributed by atoms with Crippen molar-refractivity contribution in [3.05, 3.63) is 30.3 Å². The van der Waals surface area contributed by atoms with Gasteiger partial charge in [0.05, 0.1) is 6.42 Å². The molecular formula is C17H26O2. The maximum Gasteiger partial charge on any atom is 0.311 e. The first-order valence-corrected chi connectivity index (χ1v) is 6.88. The van der Waals surface area contributed by atoms with Crippen molar-refractivity contribution in [3.63, 3.8) is 0 Å². The van der Waals surface area contributed by atoms with Gasteiger partial charge >= 0.3 is 5.97 Å². The Morgan fingerprint density at radius 3 is 2.11 bits per heavy atom. The van der Waals surface area contributed by atoms with Crippen LogP contribution in [0.2, 0.25) is 0 Å². The van der Waals surface area contributed by atoms with E-state index in [1.165, 1.54) is 0 Å². The molecule has 0 heterocycles. The Labute approximate surface area is 117 Å². The third-order valence-corrected chi connectivity index (χ3v) is 4.05. The second-order valence-corrected chi connectivity index (χ2v) is 7.04. The quantitative estimate of drug-likeness (QED) is 0.581. The molecular weight excluding hydrogens is 236 g/mol. The monoisotopic (exact) mass is 262 g/mol. The molecule has 0 bridgehead atoms. The normalized spacial score (nSPS) is 14.0. The average molecular weight is 262 g/mol. The second-order valence-electron chi connectivity index (χ2n) is 7.04. The minimum atomic E-state index is -0.160. The highest BCUT2D eigenvalue weighted by atomic mass is 16.5. The molecule has 106 valence electrons. The minimum Gasteiger partial charge on any atom is -0.427 e. The van der Waals surface area contributed by atoms with Gasteiger partial charge in [0.25, 0.3) is 0 Å². The van der Waals surface area contributed by atoms with Crippen LogP contribution >= 0.6 is 0 Å². The molecule has 0 aliphatic carbocycles. The van der Waals surface area contributed by atoms with Crippen molar-refractivity contribution in [1.82, 2.24) is 0 Å². The lowest BCUT2D eigenvalue weighted by molar-refractivity contribution is -0.138. The molecule has 0 saturated heterocycles. The molecule has 0 aliphatic heterocycles. The third kappa shape index (κ3) is 4.70. The van der Waals surface area contributed by atoms with Gasteiger partial charge in [0.1, 0.15) is 5.75 Å². The van der Waals surface area contributed by atoms with Gasteiger partial charge in [-0.1, -0.05) is 59.7 Å². The Hall–Kier alpha value is -1.31. The topological polar surface area (TPSA) is 26.3 Å². The van der Waals surface area contributed by atoms with Gasteiger partial charge in [-0.2, -0.15) is 0 Å². The molecule has 0 amide bonds. The molecule has 1 rings (SSSR count). The summed E-state index contributed by atoms with van der Waals surface area (Å²) in [4.78, 5) is 12.0. The van der Waals surface area contributed by atoms with Gasteiger partial charge < -0.3 is 4.74 Å².